The van der Waals surface area contributed by atoms with Crippen LogP contribution in [0, 0.1) is 25.1 Å². The number of aryl methyl sites for hydroxylation is 2. The van der Waals surface area contributed by atoms with Crippen LogP contribution in [0.5, 0.6) is 17.2 Å². The van der Waals surface area contributed by atoms with E-state index in [-0.39, 0.29) is 23.6 Å². The molecule has 5 rings (SSSR count). The van der Waals surface area contributed by atoms with Crippen molar-refractivity contribution in [3.8, 4) is 28.4 Å². The number of carboxylic acids is 1. The molecule has 1 aliphatic carbocycles. The maximum Gasteiger partial charge on any atom is 0.304 e. The van der Waals surface area contributed by atoms with Crippen LogP contribution in [0.2, 0.25) is 0 Å². The standard InChI is InChI=1S/C33H37FO5S/c1-19-12-23(38-17-33(3,4)18-40-5)13-20(2)31(19)25-8-10-27(34)32-26(25)9-11-28(32)39-22-6-7-24-21(14-30(35)36)16-37-29(24)15-22/h6-8,10,12-13,15,21,28H,9,11,14,16-18H2,1-5H3,(H,35,36)/t21-,28-/m1/s1. The van der Waals surface area contributed by atoms with Gasteiger partial charge in [-0.1, -0.05) is 26.0 Å². The molecule has 1 N–H and O–H groups in total. The van der Waals surface area contributed by atoms with Gasteiger partial charge in [0.2, 0.25) is 0 Å². The van der Waals surface area contributed by atoms with Crippen molar-refractivity contribution in [2.45, 2.75) is 59.0 Å². The molecule has 3 aromatic rings. The molecule has 0 spiro atoms. The number of rotatable bonds is 10. The van der Waals surface area contributed by atoms with Gasteiger partial charge in [0.05, 0.1) is 19.6 Å². The first kappa shape index (κ1) is 28.3. The maximum absolute atomic E-state index is 15.3. The Morgan fingerprint density at radius 2 is 1.88 bits per heavy atom. The van der Waals surface area contributed by atoms with Crippen molar-refractivity contribution in [2.24, 2.45) is 5.41 Å². The predicted molar refractivity (Wildman–Crippen MR) is 158 cm³/mol. The van der Waals surface area contributed by atoms with Crippen LogP contribution < -0.4 is 14.2 Å². The van der Waals surface area contributed by atoms with E-state index < -0.39 is 12.1 Å². The smallest absolute Gasteiger partial charge is 0.304 e. The summed E-state index contributed by atoms with van der Waals surface area (Å²) in [5, 5.41) is 9.16. The van der Waals surface area contributed by atoms with Gasteiger partial charge in [-0.25, -0.2) is 4.39 Å². The molecule has 212 valence electrons. The first-order valence-electron chi connectivity index (χ1n) is 13.8. The van der Waals surface area contributed by atoms with Crippen molar-refractivity contribution in [3.63, 3.8) is 0 Å². The van der Waals surface area contributed by atoms with Crippen molar-refractivity contribution in [2.75, 3.05) is 25.2 Å². The van der Waals surface area contributed by atoms with Gasteiger partial charge < -0.3 is 19.3 Å². The molecule has 2 aliphatic rings. The lowest BCUT2D eigenvalue weighted by Crippen LogP contribution is -2.24. The Morgan fingerprint density at radius 3 is 2.58 bits per heavy atom. The molecule has 2 atom stereocenters. The van der Waals surface area contributed by atoms with Gasteiger partial charge in [0.1, 0.15) is 29.2 Å². The molecule has 0 saturated heterocycles. The third-order valence-corrected chi connectivity index (χ3v) is 8.86. The molecule has 0 amide bonds. The second kappa shape index (κ2) is 11.4. The molecule has 3 aromatic carbocycles. The van der Waals surface area contributed by atoms with E-state index in [9.17, 15) is 4.79 Å². The van der Waals surface area contributed by atoms with Gasteiger partial charge in [0, 0.05) is 34.3 Å². The molecule has 1 heterocycles. The minimum Gasteiger partial charge on any atom is -0.493 e. The summed E-state index contributed by atoms with van der Waals surface area (Å²) in [5.41, 5.74) is 6.91. The third kappa shape index (κ3) is 5.80. The lowest BCUT2D eigenvalue weighted by molar-refractivity contribution is -0.137. The average molecular weight is 565 g/mol. The Labute approximate surface area is 240 Å². The van der Waals surface area contributed by atoms with Crippen LogP contribution in [0.1, 0.15) is 66.5 Å². The lowest BCUT2D eigenvalue weighted by Gasteiger charge is -2.24. The fourth-order valence-corrected chi connectivity index (χ4v) is 6.91. The Balaban J connectivity index is 1.39. The second-order valence-corrected chi connectivity index (χ2v) is 12.6. The minimum atomic E-state index is -0.849. The first-order valence-corrected chi connectivity index (χ1v) is 15.2. The molecule has 40 heavy (non-hydrogen) atoms. The maximum atomic E-state index is 15.3. The average Bonchev–Trinajstić information content (AvgIpc) is 3.48. The number of benzene rings is 3. The van der Waals surface area contributed by atoms with Crippen molar-refractivity contribution >= 4 is 17.7 Å². The predicted octanol–water partition coefficient (Wildman–Crippen LogP) is 7.89. The first-order chi connectivity index (χ1) is 19.1. The molecule has 0 unspecified atom stereocenters. The van der Waals surface area contributed by atoms with Crippen molar-refractivity contribution in [1.29, 1.82) is 0 Å². The molecule has 0 aromatic heterocycles. The molecule has 7 heteroatoms. The van der Waals surface area contributed by atoms with Gasteiger partial charge >= 0.3 is 5.97 Å². The van der Waals surface area contributed by atoms with Crippen LogP contribution in [0.15, 0.2) is 42.5 Å². The van der Waals surface area contributed by atoms with E-state index in [1.54, 1.807) is 12.1 Å². The fourth-order valence-electron chi connectivity index (χ4n) is 6.04. The van der Waals surface area contributed by atoms with Crippen LogP contribution >= 0.6 is 11.8 Å². The van der Waals surface area contributed by atoms with Crippen LogP contribution in [0.25, 0.3) is 11.1 Å². The van der Waals surface area contributed by atoms with E-state index in [0.29, 0.717) is 36.7 Å². The molecular weight excluding hydrogens is 527 g/mol. The highest BCUT2D eigenvalue weighted by molar-refractivity contribution is 7.98. The number of hydrogen-bond donors (Lipinski definition) is 1. The van der Waals surface area contributed by atoms with E-state index >= 15 is 4.39 Å². The Morgan fingerprint density at radius 1 is 1.12 bits per heavy atom. The number of halogens is 1. The monoisotopic (exact) mass is 564 g/mol. The number of ether oxygens (including phenoxy) is 3. The van der Waals surface area contributed by atoms with Crippen LogP contribution in [0.3, 0.4) is 0 Å². The van der Waals surface area contributed by atoms with Gasteiger partial charge in [-0.2, -0.15) is 11.8 Å². The van der Waals surface area contributed by atoms with Gasteiger partial charge in [0.15, 0.2) is 0 Å². The van der Waals surface area contributed by atoms with E-state index in [1.165, 1.54) is 0 Å². The molecular formula is C33H37FO5S. The van der Waals surface area contributed by atoms with Gasteiger partial charge in [-0.3, -0.25) is 4.79 Å². The summed E-state index contributed by atoms with van der Waals surface area (Å²) in [6.45, 7) is 9.58. The summed E-state index contributed by atoms with van der Waals surface area (Å²) in [7, 11) is 0. The Bertz CT molecular complexity index is 1410. The summed E-state index contributed by atoms with van der Waals surface area (Å²) in [6.07, 6.45) is 3.12. The topological polar surface area (TPSA) is 65.0 Å². The number of carboxylic acid groups (broad SMARTS) is 1. The number of carbonyl (C=O) groups is 1. The number of thioether (sulfide) groups is 1. The lowest BCUT2D eigenvalue weighted by atomic mass is 9.90. The zero-order valence-electron chi connectivity index (χ0n) is 23.8. The zero-order chi connectivity index (χ0) is 28.6. The van der Waals surface area contributed by atoms with Gasteiger partial charge in [-0.05, 0) is 85.0 Å². The summed E-state index contributed by atoms with van der Waals surface area (Å²) in [5.74, 6) is 1.84. The molecule has 0 fully saturated rings. The molecule has 1 aliphatic heterocycles. The summed E-state index contributed by atoms with van der Waals surface area (Å²) < 4.78 is 33.5. The summed E-state index contributed by atoms with van der Waals surface area (Å²) >= 11 is 1.82. The third-order valence-electron chi connectivity index (χ3n) is 7.79. The second-order valence-electron chi connectivity index (χ2n) is 11.8. The number of fused-ring (bicyclic) bond motifs is 2. The molecule has 0 bridgehead atoms. The highest BCUT2D eigenvalue weighted by Crippen LogP contribution is 2.45. The van der Waals surface area contributed by atoms with Crippen molar-refractivity contribution in [3.05, 3.63) is 76.1 Å². The molecule has 0 saturated carbocycles. The largest absolute Gasteiger partial charge is 0.493 e. The van der Waals surface area contributed by atoms with Crippen molar-refractivity contribution < 1.29 is 28.5 Å². The van der Waals surface area contributed by atoms with Gasteiger partial charge in [-0.15, -0.1) is 0 Å². The molecule has 0 radical (unpaired) electrons. The number of aliphatic carboxylic acids is 1. The van der Waals surface area contributed by atoms with E-state index in [4.69, 9.17) is 19.3 Å². The Kier molecular flexibility index (Phi) is 8.05. The summed E-state index contributed by atoms with van der Waals surface area (Å²) in [6, 6.07) is 13.1. The normalized spacial score (nSPS) is 17.8. The van der Waals surface area contributed by atoms with Crippen molar-refractivity contribution in [1.82, 2.24) is 0 Å². The van der Waals surface area contributed by atoms with Crippen LogP contribution in [-0.4, -0.2) is 36.3 Å². The van der Waals surface area contributed by atoms with Crippen LogP contribution in [0.4, 0.5) is 4.39 Å². The van der Waals surface area contributed by atoms with E-state index in [1.807, 2.05) is 30.0 Å². The van der Waals surface area contributed by atoms with Gasteiger partial charge in [0.25, 0.3) is 0 Å². The molecule has 5 nitrogen and oxygen atoms in total. The van der Waals surface area contributed by atoms with E-state index in [0.717, 1.165) is 51.3 Å². The Hall–Kier alpha value is -3.19. The zero-order valence-corrected chi connectivity index (χ0v) is 24.6. The minimum absolute atomic E-state index is 0.0269. The fraction of sp³-hybridized carbons (Fsp3) is 0.424. The number of hydrogen-bond acceptors (Lipinski definition) is 5. The van der Waals surface area contributed by atoms with E-state index in [2.05, 4.69) is 46.1 Å². The SMILES string of the molecule is CSCC(C)(C)COc1cc(C)c(-c2ccc(F)c3c2CC[C@H]3Oc2ccc3c(c2)OC[C@H]3CC(=O)O)c(C)c1. The van der Waals surface area contributed by atoms with Crippen LogP contribution in [-0.2, 0) is 11.2 Å². The summed E-state index contributed by atoms with van der Waals surface area (Å²) in [4.78, 5) is 11.2. The quantitative estimate of drug-likeness (QED) is 0.270. The highest BCUT2D eigenvalue weighted by Gasteiger charge is 2.32. The highest BCUT2D eigenvalue weighted by atomic mass is 32.2.